The van der Waals surface area contributed by atoms with Crippen molar-refractivity contribution >= 4 is 27.4 Å². The van der Waals surface area contributed by atoms with E-state index in [1.54, 1.807) is 6.92 Å². The largest absolute Gasteiger partial charge is 0.294 e. The molecule has 1 aromatic rings. The summed E-state index contributed by atoms with van der Waals surface area (Å²) in [6.45, 7) is 1.69. The van der Waals surface area contributed by atoms with Gasteiger partial charge in [0.2, 0.25) is 10.0 Å². The number of hydrogen-bond acceptors (Lipinski definition) is 3. The number of benzene rings is 1. The van der Waals surface area contributed by atoms with E-state index in [1.165, 1.54) is 18.2 Å². The second-order valence-corrected chi connectivity index (χ2v) is 4.90. The molecule has 0 aliphatic carbocycles. The third-order valence-electron chi connectivity index (χ3n) is 1.88. The summed E-state index contributed by atoms with van der Waals surface area (Å²) in [6, 6.07) is 4.02. The smallest absolute Gasteiger partial charge is 0.239 e. The Morgan fingerprint density at radius 2 is 2.07 bits per heavy atom. The van der Waals surface area contributed by atoms with Crippen molar-refractivity contribution in [2.45, 2.75) is 18.2 Å². The standard InChI is InChI=1S/C9H10ClNO3S/c1-2-8(12)6-3-4-7(10)9(5-6)15(11,13)14/h3-5H,2H2,1H3,(H2,11,13,14). The normalized spacial score (nSPS) is 11.4. The van der Waals surface area contributed by atoms with Crippen LogP contribution < -0.4 is 5.14 Å². The molecule has 0 amide bonds. The topological polar surface area (TPSA) is 77.2 Å². The van der Waals surface area contributed by atoms with E-state index < -0.39 is 10.0 Å². The number of sulfonamides is 1. The molecular weight excluding hydrogens is 238 g/mol. The van der Waals surface area contributed by atoms with Gasteiger partial charge in [-0.15, -0.1) is 0 Å². The predicted molar refractivity (Wildman–Crippen MR) is 57.4 cm³/mol. The van der Waals surface area contributed by atoms with Crippen molar-refractivity contribution < 1.29 is 13.2 Å². The quantitative estimate of drug-likeness (QED) is 0.824. The Balaban J connectivity index is 3.36. The van der Waals surface area contributed by atoms with Crippen LogP contribution in [0.4, 0.5) is 0 Å². The molecule has 0 aliphatic rings. The number of carbonyl (C=O) groups is 1. The van der Waals surface area contributed by atoms with Gasteiger partial charge in [0, 0.05) is 12.0 Å². The highest BCUT2D eigenvalue weighted by Gasteiger charge is 2.15. The highest BCUT2D eigenvalue weighted by atomic mass is 35.5. The van der Waals surface area contributed by atoms with Crippen molar-refractivity contribution in [1.82, 2.24) is 0 Å². The number of hydrogen-bond donors (Lipinski definition) is 1. The number of Topliss-reactive ketones (excluding diaryl/α,β-unsaturated/α-hetero) is 1. The minimum Gasteiger partial charge on any atom is -0.294 e. The number of primary sulfonamides is 1. The maximum atomic E-state index is 11.3. The van der Waals surface area contributed by atoms with Gasteiger partial charge in [0.05, 0.1) is 5.02 Å². The lowest BCUT2D eigenvalue weighted by Gasteiger charge is -2.04. The summed E-state index contributed by atoms with van der Waals surface area (Å²) in [4.78, 5) is 11.1. The molecule has 0 saturated carbocycles. The van der Waals surface area contributed by atoms with E-state index in [0.29, 0.717) is 12.0 Å². The fourth-order valence-electron chi connectivity index (χ4n) is 1.10. The summed E-state index contributed by atoms with van der Waals surface area (Å²) in [7, 11) is -3.88. The van der Waals surface area contributed by atoms with Crippen LogP contribution in [0.5, 0.6) is 0 Å². The number of nitrogens with two attached hydrogens (primary N) is 1. The summed E-state index contributed by atoms with van der Waals surface area (Å²) in [5.41, 5.74) is 0.297. The predicted octanol–water partition coefficient (Wildman–Crippen LogP) is 1.58. The van der Waals surface area contributed by atoms with Gasteiger partial charge in [0.25, 0.3) is 0 Å². The molecule has 82 valence electrons. The third-order valence-corrected chi connectivity index (χ3v) is 3.27. The average molecular weight is 248 g/mol. The zero-order valence-corrected chi connectivity index (χ0v) is 9.60. The molecule has 0 radical (unpaired) electrons. The van der Waals surface area contributed by atoms with E-state index in [9.17, 15) is 13.2 Å². The lowest BCUT2D eigenvalue weighted by atomic mass is 10.1. The van der Waals surface area contributed by atoms with Gasteiger partial charge >= 0.3 is 0 Å². The van der Waals surface area contributed by atoms with Crippen molar-refractivity contribution in [3.8, 4) is 0 Å². The molecule has 0 heterocycles. The zero-order chi connectivity index (χ0) is 11.6. The minimum absolute atomic E-state index is 0.0187. The first kappa shape index (κ1) is 12.2. The molecule has 2 N–H and O–H groups in total. The van der Waals surface area contributed by atoms with Crippen LogP contribution in [0.15, 0.2) is 23.1 Å². The van der Waals surface area contributed by atoms with Gasteiger partial charge in [0.15, 0.2) is 5.78 Å². The molecule has 4 nitrogen and oxygen atoms in total. The van der Waals surface area contributed by atoms with Gasteiger partial charge < -0.3 is 0 Å². The molecule has 0 unspecified atom stereocenters. The second-order valence-electron chi connectivity index (χ2n) is 2.97. The summed E-state index contributed by atoms with van der Waals surface area (Å²) in [6.07, 6.45) is 0.297. The second kappa shape index (κ2) is 4.30. The number of carbonyl (C=O) groups excluding carboxylic acids is 1. The first-order valence-corrected chi connectivity index (χ1v) is 6.14. The van der Waals surface area contributed by atoms with Gasteiger partial charge in [0.1, 0.15) is 4.90 Å². The Morgan fingerprint density at radius 3 is 2.53 bits per heavy atom. The van der Waals surface area contributed by atoms with E-state index in [0.717, 1.165) is 0 Å². The first-order valence-electron chi connectivity index (χ1n) is 4.21. The highest BCUT2D eigenvalue weighted by Crippen LogP contribution is 2.21. The van der Waals surface area contributed by atoms with Crippen LogP contribution in [-0.2, 0) is 10.0 Å². The summed E-state index contributed by atoms with van der Waals surface area (Å²) < 4.78 is 22.2. The number of ketones is 1. The molecule has 1 aromatic carbocycles. The molecule has 6 heteroatoms. The van der Waals surface area contributed by atoms with Crippen LogP contribution in [0, 0.1) is 0 Å². The van der Waals surface area contributed by atoms with E-state index in [1.807, 2.05) is 0 Å². The SMILES string of the molecule is CCC(=O)c1ccc(Cl)c(S(N)(=O)=O)c1. The molecule has 0 aromatic heterocycles. The van der Waals surface area contributed by atoms with Gasteiger partial charge in [-0.3, -0.25) is 4.79 Å². The van der Waals surface area contributed by atoms with Crippen LogP contribution in [0.1, 0.15) is 23.7 Å². The van der Waals surface area contributed by atoms with Crippen molar-refractivity contribution in [1.29, 1.82) is 0 Å². The van der Waals surface area contributed by atoms with Gasteiger partial charge in [-0.2, -0.15) is 0 Å². The maximum absolute atomic E-state index is 11.3. The Morgan fingerprint density at radius 1 is 1.47 bits per heavy atom. The zero-order valence-electron chi connectivity index (χ0n) is 8.03. The van der Waals surface area contributed by atoms with E-state index >= 15 is 0 Å². The maximum Gasteiger partial charge on any atom is 0.239 e. The third kappa shape index (κ3) is 2.77. The molecular formula is C9H10ClNO3S. The van der Waals surface area contributed by atoms with E-state index in [2.05, 4.69) is 0 Å². The van der Waals surface area contributed by atoms with Crippen LogP contribution >= 0.6 is 11.6 Å². The van der Waals surface area contributed by atoms with Crippen molar-refractivity contribution in [2.24, 2.45) is 5.14 Å². The highest BCUT2D eigenvalue weighted by molar-refractivity contribution is 7.89. The van der Waals surface area contributed by atoms with Crippen LogP contribution in [-0.4, -0.2) is 14.2 Å². The number of halogens is 1. The molecule has 0 saturated heterocycles. The van der Waals surface area contributed by atoms with Gasteiger partial charge in [-0.05, 0) is 18.2 Å². The molecule has 0 aliphatic heterocycles. The average Bonchev–Trinajstić information content (AvgIpc) is 2.15. The molecule has 0 fully saturated rings. The Bertz CT molecular complexity index is 496. The van der Waals surface area contributed by atoms with Crippen LogP contribution in [0.3, 0.4) is 0 Å². The van der Waals surface area contributed by atoms with Crippen LogP contribution in [0.25, 0.3) is 0 Å². The Hall–Kier alpha value is -0.910. The molecule has 0 atom stereocenters. The molecule has 15 heavy (non-hydrogen) atoms. The van der Waals surface area contributed by atoms with Crippen molar-refractivity contribution in [3.05, 3.63) is 28.8 Å². The Kier molecular flexibility index (Phi) is 3.49. The van der Waals surface area contributed by atoms with Crippen LogP contribution in [0.2, 0.25) is 5.02 Å². The molecule has 0 spiro atoms. The summed E-state index contributed by atoms with van der Waals surface area (Å²) in [5.74, 6) is -0.156. The van der Waals surface area contributed by atoms with E-state index in [4.69, 9.17) is 16.7 Å². The Labute approximate surface area is 93.1 Å². The van der Waals surface area contributed by atoms with E-state index in [-0.39, 0.29) is 15.7 Å². The van der Waals surface area contributed by atoms with Crippen molar-refractivity contribution in [2.75, 3.05) is 0 Å². The van der Waals surface area contributed by atoms with Gasteiger partial charge in [-0.25, -0.2) is 13.6 Å². The molecule has 1 rings (SSSR count). The summed E-state index contributed by atoms with van der Waals surface area (Å²) in [5, 5.41) is 4.96. The summed E-state index contributed by atoms with van der Waals surface area (Å²) >= 11 is 5.66. The first-order chi connectivity index (χ1) is 6.86. The monoisotopic (exact) mass is 247 g/mol. The van der Waals surface area contributed by atoms with Crippen molar-refractivity contribution in [3.63, 3.8) is 0 Å². The minimum atomic E-state index is -3.88. The fourth-order valence-corrected chi connectivity index (χ4v) is 2.17. The fraction of sp³-hybridized carbons (Fsp3) is 0.222. The molecule has 0 bridgehead atoms. The number of rotatable bonds is 3. The lowest BCUT2D eigenvalue weighted by molar-refractivity contribution is 0.0988. The van der Waals surface area contributed by atoms with Gasteiger partial charge in [-0.1, -0.05) is 18.5 Å². The lowest BCUT2D eigenvalue weighted by Crippen LogP contribution is -2.13.